The summed E-state index contributed by atoms with van der Waals surface area (Å²) in [6.07, 6.45) is 2.19. The van der Waals surface area contributed by atoms with Gasteiger partial charge in [-0.2, -0.15) is 0 Å². The number of benzene rings is 2. The minimum Gasteiger partial charge on any atom is -0.352 e. The number of hydrogen-bond donors (Lipinski definition) is 1. The summed E-state index contributed by atoms with van der Waals surface area (Å²) in [5.74, 6) is 0.0861. The van der Waals surface area contributed by atoms with Crippen LogP contribution in [0.3, 0.4) is 0 Å². The number of fused-ring (bicyclic) bond motifs is 1. The SMILES string of the molecule is O=C(NC1CC1)[C@H](Sc1nc2ccccc2s1)c1ccccc1. The molecule has 0 spiro atoms. The lowest BCUT2D eigenvalue weighted by Gasteiger charge is -2.15. The van der Waals surface area contributed by atoms with Crippen LogP contribution in [0, 0.1) is 0 Å². The second-order valence-corrected chi connectivity index (χ2v) is 8.02. The molecule has 0 unspecified atom stereocenters. The van der Waals surface area contributed by atoms with Crippen LogP contribution in [0.1, 0.15) is 23.7 Å². The summed E-state index contributed by atoms with van der Waals surface area (Å²) >= 11 is 3.18. The first-order valence-electron chi connectivity index (χ1n) is 7.67. The van der Waals surface area contributed by atoms with E-state index >= 15 is 0 Å². The molecule has 0 bridgehead atoms. The van der Waals surface area contributed by atoms with Gasteiger partial charge in [0.05, 0.1) is 10.2 Å². The van der Waals surface area contributed by atoms with Crippen molar-refractivity contribution < 1.29 is 4.79 Å². The molecule has 1 aromatic heterocycles. The zero-order valence-electron chi connectivity index (χ0n) is 12.4. The van der Waals surface area contributed by atoms with Gasteiger partial charge in [-0.25, -0.2) is 4.98 Å². The Bertz CT molecular complexity index is 794. The van der Waals surface area contributed by atoms with Gasteiger partial charge in [0.15, 0.2) is 4.34 Å². The van der Waals surface area contributed by atoms with Gasteiger partial charge in [-0.1, -0.05) is 54.2 Å². The number of thiazole rings is 1. The highest BCUT2D eigenvalue weighted by Crippen LogP contribution is 2.39. The van der Waals surface area contributed by atoms with E-state index in [4.69, 9.17) is 0 Å². The summed E-state index contributed by atoms with van der Waals surface area (Å²) in [6.45, 7) is 0. The lowest BCUT2D eigenvalue weighted by atomic mass is 10.1. The summed E-state index contributed by atoms with van der Waals surface area (Å²) in [6, 6.07) is 18.4. The summed E-state index contributed by atoms with van der Waals surface area (Å²) in [5.41, 5.74) is 2.02. The molecule has 1 N–H and O–H groups in total. The van der Waals surface area contributed by atoms with Crippen LogP contribution >= 0.6 is 23.1 Å². The monoisotopic (exact) mass is 340 g/mol. The van der Waals surface area contributed by atoms with Gasteiger partial charge in [0.2, 0.25) is 5.91 Å². The van der Waals surface area contributed by atoms with Crippen molar-refractivity contribution in [3.63, 3.8) is 0 Å². The fraction of sp³-hybridized carbons (Fsp3) is 0.222. The topological polar surface area (TPSA) is 42.0 Å². The maximum absolute atomic E-state index is 12.7. The molecule has 3 aromatic rings. The molecule has 1 saturated carbocycles. The third kappa shape index (κ3) is 3.41. The van der Waals surface area contributed by atoms with Crippen LogP contribution < -0.4 is 5.32 Å². The highest BCUT2D eigenvalue weighted by molar-refractivity contribution is 8.02. The van der Waals surface area contributed by atoms with Crippen molar-refractivity contribution in [1.29, 1.82) is 0 Å². The highest BCUT2D eigenvalue weighted by Gasteiger charge is 2.29. The first-order valence-corrected chi connectivity index (χ1v) is 9.37. The number of carbonyl (C=O) groups is 1. The average molecular weight is 340 g/mol. The Hall–Kier alpha value is -1.85. The van der Waals surface area contributed by atoms with E-state index in [1.807, 2.05) is 48.5 Å². The minimum atomic E-state index is -0.252. The largest absolute Gasteiger partial charge is 0.352 e. The van der Waals surface area contributed by atoms with Gasteiger partial charge in [-0.3, -0.25) is 4.79 Å². The van der Waals surface area contributed by atoms with Crippen LogP contribution in [0.5, 0.6) is 0 Å². The molecular formula is C18H16N2OS2. The van der Waals surface area contributed by atoms with E-state index in [1.165, 1.54) is 0 Å². The molecule has 1 atom stereocenters. The number of aromatic nitrogens is 1. The van der Waals surface area contributed by atoms with Gasteiger partial charge in [-0.05, 0) is 30.5 Å². The smallest absolute Gasteiger partial charge is 0.238 e. The zero-order valence-corrected chi connectivity index (χ0v) is 14.1. The molecule has 116 valence electrons. The minimum absolute atomic E-state index is 0.0861. The summed E-state index contributed by atoms with van der Waals surface area (Å²) in [5, 5.41) is 2.87. The van der Waals surface area contributed by atoms with Crippen molar-refractivity contribution >= 4 is 39.2 Å². The zero-order chi connectivity index (χ0) is 15.6. The van der Waals surface area contributed by atoms with Crippen LogP contribution in [0.2, 0.25) is 0 Å². The van der Waals surface area contributed by atoms with Crippen LogP contribution in [-0.4, -0.2) is 16.9 Å². The van der Waals surface area contributed by atoms with Crippen LogP contribution in [0.4, 0.5) is 0 Å². The van der Waals surface area contributed by atoms with Gasteiger partial charge in [0, 0.05) is 6.04 Å². The Balaban J connectivity index is 1.62. The van der Waals surface area contributed by atoms with E-state index < -0.39 is 0 Å². The number of hydrogen-bond acceptors (Lipinski definition) is 4. The second-order valence-electron chi connectivity index (χ2n) is 5.64. The van der Waals surface area contributed by atoms with E-state index in [-0.39, 0.29) is 11.2 Å². The normalized spacial score (nSPS) is 15.5. The molecule has 0 saturated heterocycles. The quantitative estimate of drug-likeness (QED) is 0.700. The molecule has 0 radical (unpaired) electrons. The Morgan fingerprint density at radius 3 is 2.61 bits per heavy atom. The molecule has 3 nitrogen and oxygen atoms in total. The number of nitrogens with zero attached hydrogens (tertiary/aromatic N) is 1. The maximum atomic E-state index is 12.7. The van der Waals surface area contributed by atoms with Crippen LogP contribution in [0.15, 0.2) is 58.9 Å². The fourth-order valence-corrected chi connectivity index (χ4v) is 4.68. The Kier molecular flexibility index (Phi) is 4.06. The predicted molar refractivity (Wildman–Crippen MR) is 95.8 cm³/mol. The Morgan fingerprint density at radius 2 is 1.87 bits per heavy atom. The average Bonchev–Trinajstić information content (AvgIpc) is 3.29. The van der Waals surface area contributed by atoms with Gasteiger partial charge in [-0.15, -0.1) is 11.3 Å². The first-order chi connectivity index (χ1) is 11.3. The molecule has 5 heteroatoms. The number of nitrogens with one attached hydrogen (secondary N) is 1. The number of rotatable bonds is 5. The lowest BCUT2D eigenvalue weighted by Crippen LogP contribution is -2.29. The molecule has 1 aliphatic carbocycles. The van der Waals surface area contributed by atoms with Crippen molar-refractivity contribution in [2.45, 2.75) is 28.5 Å². The highest BCUT2D eigenvalue weighted by atomic mass is 32.2. The van der Waals surface area contributed by atoms with Crippen molar-refractivity contribution in [3.05, 3.63) is 60.2 Å². The molecule has 0 aliphatic heterocycles. The molecule has 1 fully saturated rings. The van der Waals surface area contributed by atoms with E-state index in [0.29, 0.717) is 6.04 Å². The third-order valence-electron chi connectivity index (χ3n) is 3.76. The van der Waals surface area contributed by atoms with Crippen LogP contribution in [0.25, 0.3) is 10.2 Å². The van der Waals surface area contributed by atoms with E-state index in [0.717, 1.165) is 33.0 Å². The van der Waals surface area contributed by atoms with Crippen molar-refractivity contribution in [2.75, 3.05) is 0 Å². The molecule has 4 rings (SSSR count). The van der Waals surface area contributed by atoms with E-state index in [1.54, 1.807) is 23.1 Å². The maximum Gasteiger partial charge on any atom is 0.238 e. The summed E-state index contributed by atoms with van der Waals surface area (Å²) < 4.78 is 2.09. The number of thioether (sulfide) groups is 1. The van der Waals surface area contributed by atoms with Gasteiger partial charge >= 0.3 is 0 Å². The Labute approximate surface area is 143 Å². The predicted octanol–water partition coefficient (Wildman–Crippen LogP) is 4.41. The lowest BCUT2D eigenvalue weighted by molar-refractivity contribution is -0.120. The van der Waals surface area contributed by atoms with Crippen molar-refractivity contribution in [1.82, 2.24) is 10.3 Å². The number of carbonyl (C=O) groups excluding carboxylic acids is 1. The van der Waals surface area contributed by atoms with Crippen LogP contribution in [-0.2, 0) is 4.79 Å². The first kappa shape index (κ1) is 14.7. The molecule has 1 heterocycles. The van der Waals surface area contributed by atoms with Gasteiger partial charge in [0.25, 0.3) is 0 Å². The van der Waals surface area contributed by atoms with E-state index in [2.05, 4.69) is 16.4 Å². The Morgan fingerprint density at radius 1 is 1.13 bits per heavy atom. The summed E-state index contributed by atoms with van der Waals surface area (Å²) in [4.78, 5) is 17.3. The summed E-state index contributed by atoms with van der Waals surface area (Å²) in [7, 11) is 0. The van der Waals surface area contributed by atoms with E-state index in [9.17, 15) is 4.79 Å². The molecular weight excluding hydrogens is 324 g/mol. The molecule has 1 aliphatic rings. The van der Waals surface area contributed by atoms with Gasteiger partial charge < -0.3 is 5.32 Å². The van der Waals surface area contributed by atoms with Crippen molar-refractivity contribution in [2.24, 2.45) is 0 Å². The number of amides is 1. The molecule has 23 heavy (non-hydrogen) atoms. The molecule has 1 amide bonds. The second kappa shape index (κ2) is 6.34. The van der Waals surface area contributed by atoms with Crippen molar-refractivity contribution in [3.8, 4) is 0 Å². The molecule has 2 aromatic carbocycles. The van der Waals surface area contributed by atoms with Gasteiger partial charge in [0.1, 0.15) is 5.25 Å². The number of para-hydroxylation sites is 1. The standard InChI is InChI=1S/C18H16N2OS2/c21-17(19-13-10-11-13)16(12-6-2-1-3-7-12)23-18-20-14-8-4-5-9-15(14)22-18/h1-9,13,16H,10-11H2,(H,19,21)/t16-/m1/s1. The third-order valence-corrected chi connectivity index (χ3v) is 6.14. The fourth-order valence-electron chi connectivity index (χ4n) is 2.41.